The highest BCUT2D eigenvalue weighted by atomic mass is 15.1. The summed E-state index contributed by atoms with van der Waals surface area (Å²) in [4.78, 5) is 8.36. The first-order valence-electron chi connectivity index (χ1n) is 4.57. The Balaban J connectivity index is 1.86. The molecule has 1 aliphatic rings. The van der Waals surface area contributed by atoms with E-state index in [0.717, 1.165) is 31.2 Å². The SMILES string of the molecule is Cc1nccc(CNC2CNC2)n1. The summed E-state index contributed by atoms with van der Waals surface area (Å²) >= 11 is 0. The Morgan fingerprint density at radius 2 is 2.46 bits per heavy atom. The van der Waals surface area contributed by atoms with Gasteiger partial charge in [-0.15, -0.1) is 0 Å². The Labute approximate surface area is 77.8 Å². The van der Waals surface area contributed by atoms with Gasteiger partial charge in [0.15, 0.2) is 0 Å². The second-order valence-electron chi connectivity index (χ2n) is 3.33. The van der Waals surface area contributed by atoms with Crippen LogP contribution in [-0.2, 0) is 6.54 Å². The molecule has 1 aromatic heterocycles. The zero-order valence-corrected chi connectivity index (χ0v) is 7.75. The average molecular weight is 178 g/mol. The molecule has 1 fully saturated rings. The van der Waals surface area contributed by atoms with Gasteiger partial charge >= 0.3 is 0 Å². The molecule has 0 aromatic carbocycles. The van der Waals surface area contributed by atoms with E-state index in [0.29, 0.717) is 6.04 Å². The van der Waals surface area contributed by atoms with E-state index in [2.05, 4.69) is 20.6 Å². The van der Waals surface area contributed by atoms with Crippen LogP contribution in [-0.4, -0.2) is 29.1 Å². The van der Waals surface area contributed by atoms with Crippen molar-refractivity contribution in [3.05, 3.63) is 23.8 Å². The van der Waals surface area contributed by atoms with E-state index in [4.69, 9.17) is 0 Å². The van der Waals surface area contributed by atoms with Crippen molar-refractivity contribution in [2.24, 2.45) is 0 Å². The Bertz CT molecular complexity index is 283. The van der Waals surface area contributed by atoms with E-state index in [1.165, 1.54) is 0 Å². The fourth-order valence-electron chi connectivity index (χ4n) is 1.29. The molecule has 2 heterocycles. The van der Waals surface area contributed by atoms with Crippen LogP contribution in [0.5, 0.6) is 0 Å². The lowest BCUT2D eigenvalue weighted by Crippen LogP contribution is -2.55. The van der Waals surface area contributed by atoms with Gasteiger partial charge < -0.3 is 10.6 Å². The highest BCUT2D eigenvalue weighted by Crippen LogP contribution is 1.97. The van der Waals surface area contributed by atoms with Crippen molar-refractivity contribution in [2.75, 3.05) is 13.1 Å². The molecular weight excluding hydrogens is 164 g/mol. The number of aryl methyl sites for hydroxylation is 1. The molecule has 13 heavy (non-hydrogen) atoms. The molecule has 2 rings (SSSR count). The van der Waals surface area contributed by atoms with E-state index in [-0.39, 0.29) is 0 Å². The molecular formula is C9H14N4. The van der Waals surface area contributed by atoms with Crippen molar-refractivity contribution in [2.45, 2.75) is 19.5 Å². The molecule has 0 unspecified atom stereocenters. The average Bonchev–Trinajstić information content (AvgIpc) is 2.01. The summed E-state index contributed by atoms with van der Waals surface area (Å²) in [7, 11) is 0. The van der Waals surface area contributed by atoms with Crippen LogP contribution >= 0.6 is 0 Å². The second kappa shape index (κ2) is 3.81. The fraction of sp³-hybridized carbons (Fsp3) is 0.556. The Hall–Kier alpha value is -1.00. The molecule has 4 heteroatoms. The van der Waals surface area contributed by atoms with Gasteiger partial charge in [0.05, 0.1) is 5.69 Å². The van der Waals surface area contributed by atoms with E-state index >= 15 is 0 Å². The summed E-state index contributed by atoms with van der Waals surface area (Å²) < 4.78 is 0. The van der Waals surface area contributed by atoms with Gasteiger partial charge in [-0.25, -0.2) is 9.97 Å². The Kier molecular flexibility index (Phi) is 2.52. The van der Waals surface area contributed by atoms with Crippen LogP contribution in [0.4, 0.5) is 0 Å². The van der Waals surface area contributed by atoms with Gasteiger partial charge in [-0.3, -0.25) is 0 Å². The molecule has 0 radical (unpaired) electrons. The molecule has 0 aliphatic carbocycles. The molecule has 70 valence electrons. The maximum atomic E-state index is 4.31. The van der Waals surface area contributed by atoms with Crippen LogP contribution in [0.2, 0.25) is 0 Å². The van der Waals surface area contributed by atoms with Crippen LogP contribution < -0.4 is 10.6 Å². The van der Waals surface area contributed by atoms with Gasteiger partial charge in [0.1, 0.15) is 5.82 Å². The van der Waals surface area contributed by atoms with Gasteiger partial charge in [0.2, 0.25) is 0 Å². The first kappa shape index (κ1) is 8.59. The first-order valence-corrected chi connectivity index (χ1v) is 4.57. The summed E-state index contributed by atoms with van der Waals surface area (Å²) in [6.45, 7) is 4.90. The quantitative estimate of drug-likeness (QED) is 0.675. The Morgan fingerprint density at radius 1 is 1.62 bits per heavy atom. The van der Waals surface area contributed by atoms with Crippen LogP contribution in [0, 0.1) is 6.92 Å². The molecule has 2 N–H and O–H groups in total. The van der Waals surface area contributed by atoms with Crippen LogP contribution in [0.15, 0.2) is 12.3 Å². The van der Waals surface area contributed by atoms with Crippen LogP contribution in [0.25, 0.3) is 0 Å². The minimum atomic E-state index is 0.621. The summed E-state index contributed by atoms with van der Waals surface area (Å²) in [5.74, 6) is 0.839. The topological polar surface area (TPSA) is 49.8 Å². The molecule has 1 aliphatic heterocycles. The van der Waals surface area contributed by atoms with E-state index in [1.54, 1.807) is 6.20 Å². The predicted octanol–water partition coefficient (Wildman–Crippen LogP) is -0.154. The van der Waals surface area contributed by atoms with Crippen molar-refractivity contribution < 1.29 is 0 Å². The number of nitrogens with zero attached hydrogens (tertiary/aromatic N) is 2. The molecule has 1 aromatic rings. The number of rotatable bonds is 3. The lowest BCUT2D eigenvalue weighted by Gasteiger charge is -2.27. The summed E-state index contributed by atoms with van der Waals surface area (Å²) in [6, 6.07) is 2.57. The Morgan fingerprint density at radius 3 is 3.08 bits per heavy atom. The second-order valence-corrected chi connectivity index (χ2v) is 3.33. The third kappa shape index (κ3) is 2.23. The smallest absolute Gasteiger partial charge is 0.125 e. The summed E-state index contributed by atoms with van der Waals surface area (Å²) in [5.41, 5.74) is 1.07. The lowest BCUT2D eigenvalue weighted by molar-refractivity contribution is 0.363. The van der Waals surface area contributed by atoms with Gasteiger partial charge in [-0.2, -0.15) is 0 Å². The van der Waals surface area contributed by atoms with E-state index in [9.17, 15) is 0 Å². The van der Waals surface area contributed by atoms with Gasteiger partial charge in [0.25, 0.3) is 0 Å². The standard InChI is InChI=1S/C9H14N4/c1-7-11-3-2-8(13-7)6-12-9-4-10-5-9/h2-3,9-10,12H,4-6H2,1H3. The van der Waals surface area contributed by atoms with Gasteiger partial charge in [-0.1, -0.05) is 0 Å². The zero-order valence-electron chi connectivity index (χ0n) is 7.75. The third-order valence-electron chi connectivity index (χ3n) is 2.19. The monoisotopic (exact) mass is 178 g/mol. The summed E-state index contributed by atoms with van der Waals surface area (Å²) in [6.07, 6.45) is 1.80. The van der Waals surface area contributed by atoms with Crippen LogP contribution in [0.3, 0.4) is 0 Å². The number of hydrogen-bond acceptors (Lipinski definition) is 4. The maximum Gasteiger partial charge on any atom is 0.125 e. The minimum Gasteiger partial charge on any atom is -0.314 e. The fourth-order valence-corrected chi connectivity index (χ4v) is 1.29. The number of hydrogen-bond donors (Lipinski definition) is 2. The molecule has 0 spiro atoms. The largest absolute Gasteiger partial charge is 0.314 e. The summed E-state index contributed by atoms with van der Waals surface area (Å²) in [5, 5.41) is 6.62. The van der Waals surface area contributed by atoms with Gasteiger partial charge in [-0.05, 0) is 13.0 Å². The first-order chi connectivity index (χ1) is 6.34. The zero-order chi connectivity index (χ0) is 9.10. The molecule has 0 amide bonds. The lowest BCUT2D eigenvalue weighted by atomic mass is 10.2. The van der Waals surface area contributed by atoms with E-state index < -0.39 is 0 Å². The van der Waals surface area contributed by atoms with Crippen molar-refractivity contribution in [3.63, 3.8) is 0 Å². The van der Waals surface area contributed by atoms with Crippen molar-refractivity contribution in [1.82, 2.24) is 20.6 Å². The molecule has 0 atom stereocenters. The highest BCUT2D eigenvalue weighted by molar-refractivity contribution is 5.01. The van der Waals surface area contributed by atoms with Crippen molar-refractivity contribution in [1.29, 1.82) is 0 Å². The highest BCUT2D eigenvalue weighted by Gasteiger charge is 2.15. The van der Waals surface area contributed by atoms with Crippen LogP contribution in [0.1, 0.15) is 11.5 Å². The molecule has 4 nitrogen and oxygen atoms in total. The molecule has 0 bridgehead atoms. The molecule has 0 saturated carbocycles. The molecule has 1 saturated heterocycles. The normalized spacial score (nSPS) is 17.0. The van der Waals surface area contributed by atoms with E-state index in [1.807, 2.05) is 13.0 Å². The third-order valence-corrected chi connectivity index (χ3v) is 2.19. The minimum absolute atomic E-state index is 0.621. The van der Waals surface area contributed by atoms with Crippen molar-refractivity contribution in [3.8, 4) is 0 Å². The predicted molar refractivity (Wildman–Crippen MR) is 50.3 cm³/mol. The number of nitrogens with one attached hydrogen (secondary N) is 2. The van der Waals surface area contributed by atoms with Crippen molar-refractivity contribution >= 4 is 0 Å². The maximum absolute atomic E-state index is 4.31. The number of aromatic nitrogens is 2. The van der Waals surface area contributed by atoms with Gasteiger partial charge in [0, 0.05) is 31.9 Å².